The van der Waals surface area contributed by atoms with Crippen LogP contribution < -0.4 is 10.5 Å². The average molecular weight is 282 g/mol. The number of nitrogens with zero attached hydrogens (tertiary/aromatic N) is 1. The summed E-state index contributed by atoms with van der Waals surface area (Å²) >= 11 is 0. The van der Waals surface area contributed by atoms with Crippen molar-refractivity contribution in [2.75, 3.05) is 0 Å². The molecule has 0 radical (unpaired) electrons. The van der Waals surface area contributed by atoms with Crippen LogP contribution in [0.4, 0.5) is 4.39 Å². The lowest BCUT2D eigenvalue weighted by Gasteiger charge is -2.10. The number of para-hydroxylation sites is 1. The highest BCUT2D eigenvalue weighted by atomic mass is 19.1. The molecular weight excluding hydrogens is 267 g/mol. The van der Waals surface area contributed by atoms with Crippen LogP contribution in [0.15, 0.2) is 48.5 Å². The number of hydrogen-bond acceptors (Lipinski definition) is 3. The quantitative estimate of drug-likeness (QED) is 0.791. The van der Waals surface area contributed by atoms with Crippen molar-refractivity contribution in [2.24, 2.45) is 5.73 Å². The molecule has 2 N–H and O–H groups in total. The first-order chi connectivity index (χ1) is 10.2. The summed E-state index contributed by atoms with van der Waals surface area (Å²) in [7, 11) is 0. The Hall–Kier alpha value is -2.46. The fraction of sp³-hybridized carbons (Fsp3) is 0.118. The van der Waals surface area contributed by atoms with E-state index in [1.807, 2.05) is 37.3 Å². The van der Waals surface area contributed by atoms with E-state index in [2.05, 4.69) is 4.98 Å². The van der Waals surface area contributed by atoms with Gasteiger partial charge in [-0.15, -0.1) is 0 Å². The zero-order valence-electron chi connectivity index (χ0n) is 11.6. The van der Waals surface area contributed by atoms with E-state index >= 15 is 0 Å². The number of rotatable bonds is 3. The van der Waals surface area contributed by atoms with E-state index in [9.17, 15) is 4.39 Å². The lowest BCUT2D eigenvalue weighted by atomic mass is 10.2. The third-order valence-corrected chi connectivity index (χ3v) is 3.28. The van der Waals surface area contributed by atoms with Crippen molar-refractivity contribution >= 4 is 10.9 Å². The largest absolute Gasteiger partial charge is 0.456 e. The Morgan fingerprint density at radius 3 is 2.71 bits per heavy atom. The van der Waals surface area contributed by atoms with Gasteiger partial charge in [0, 0.05) is 35.3 Å². The number of hydrogen-bond donors (Lipinski definition) is 1. The minimum Gasteiger partial charge on any atom is -0.456 e. The smallest absolute Gasteiger partial charge is 0.138 e. The van der Waals surface area contributed by atoms with Gasteiger partial charge < -0.3 is 10.5 Å². The van der Waals surface area contributed by atoms with Crippen molar-refractivity contribution in [3.05, 3.63) is 65.6 Å². The van der Waals surface area contributed by atoms with Crippen LogP contribution in [-0.4, -0.2) is 4.98 Å². The van der Waals surface area contributed by atoms with Crippen LogP contribution in [-0.2, 0) is 6.54 Å². The van der Waals surface area contributed by atoms with Crippen LogP contribution >= 0.6 is 0 Å². The Morgan fingerprint density at radius 2 is 1.95 bits per heavy atom. The zero-order chi connectivity index (χ0) is 14.8. The predicted octanol–water partition coefficient (Wildman–Crippen LogP) is 3.93. The van der Waals surface area contributed by atoms with Gasteiger partial charge in [-0.05, 0) is 25.1 Å². The highest BCUT2D eigenvalue weighted by Gasteiger charge is 2.08. The Balaban J connectivity index is 2.03. The van der Waals surface area contributed by atoms with Crippen LogP contribution in [0.1, 0.15) is 11.3 Å². The summed E-state index contributed by atoms with van der Waals surface area (Å²) in [5, 5.41) is 0.895. The van der Waals surface area contributed by atoms with E-state index in [-0.39, 0.29) is 12.4 Å². The topological polar surface area (TPSA) is 48.1 Å². The number of pyridine rings is 1. The molecule has 0 fully saturated rings. The van der Waals surface area contributed by atoms with E-state index in [1.165, 1.54) is 6.07 Å². The van der Waals surface area contributed by atoms with Gasteiger partial charge in [0.15, 0.2) is 0 Å². The number of benzene rings is 2. The fourth-order valence-electron chi connectivity index (χ4n) is 2.24. The van der Waals surface area contributed by atoms with E-state index in [0.717, 1.165) is 16.6 Å². The average Bonchev–Trinajstić information content (AvgIpc) is 2.47. The Kier molecular flexibility index (Phi) is 3.54. The zero-order valence-corrected chi connectivity index (χ0v) is 11.6. The van der Waals surface area contributed by atoms with Crippen molar-refractivity contribution in [1.29, 1.82) is 0 Å². The second-order valence-corrected chi connectivity index (χ2v) is 4.84. The minimum atomic E-state index is -0.356. The Labute approximate surface area is 122 Å². The van der Waals surface area contributed by atoms with Crippen LogP contribution in [0.3, 0.4) is 0 Å². The molecule has 3 aromatic rings. The highest BCUT2D eigenvalue weighted by Crippen LogP contribution is 2.30. The molecule has 0 bridgehead atoms. The molecule has 2 aromatic carbocycles. The molecule has 0 aliphatic heterocycles. The van der Waals surface area contributed by atoms with Gasteiger partial charge in [0.1, 0.15) is 17.3 Å². The fourth-order valence-corrected chi connectivity index (χ4v) is 2.24. The standard InChI is InChI=1S/C17H15FN2O/c1-11-8-17(14-4-2-3-5-16(14)20-11)21-13-7-6-12(10-19)15(18)9-13/h2-9H,10,19H2,1H3. The third-order valence-electron chi connectivity index (χ3n) is 3.28. The molecule has 3 rings (SSSR count). The lowest BCUT2D eigenvalue weighted by molar-refractivity contribution is 0.480. The number of fused-ring (bicyclic) bond motifs is 1. The molecule has 0 atom stereocenters. The van der Waals surface area contributed by atoms with Crippen LogP contribution in [0.5, 0.6) is 11.5 Å². The van der Waals surface area contributed by atoms with E-state index in [0.29, 0.717) is 17.1 Å². The molecule has 4 heteroatoms. The second kappa shape index (κ2) is 5.50. The molecule has 0 aliphatic rings. The number of nitrogens with two attached hydrogens (primary N) is 1. The summed E-state index contributed by atoms with van der Waals surface area (Å²) in [6.45, 7) is 2.07. The molecule has 0 aliphatic carbocycles. The molecule has 1 heterocycles. The third kappa shape index (κ3) is 2.71. The highest BCUT2D eigenvalue weighted by molar-refractivity contribution is 5.85. The van der Waals surface area contributed by atoms with Crippen molar-refractivity contribution in [3.63, 3.8) is 0 Å². The van der Waals surface area contributed by atoms with E-state index < -0.39 is 0 Å². The second-order valence-electron chi connectivity index (χ2n) is 4.84. The van der Waals surface area contributed by atoms with Gasteiger partial charge in [-0.3, -0.25) is 4.98 Å². The van der Waals surface area contributed by atoms with Crippen LogP contribution in [0.25, 0.3) is 10.9 Å². The molecule has 0 saturated heterocycles. The number of halogens is 1. The van der Waals surface area contributed by atoms with Crippen LogP contribution in [0.2, 0.25) is 0 Å². The molecular formula is C17H15FN2O. The predicted molar refractivity (Wildman–Crippen MR) is 80.8 cm³/mol. The molecule has 0 spiro atoms. The van der Waals surface area contributed by atoms with Crippen molar-refractivity contribution in [3.8, 4) is 11.5 Å². The number of aryl methyl sites for hydroxylation is 1. The van der Waals surface area contributed by atoms with Gasteiger partial charge in [-0.1, -0.05) is 18.2 Å². The minimum absolute atomic E-state index is 0.170. The monoisotopic (exact) mass is 282 g/mol. The van der Waals surface area contributed by atoms with Crippen molar-refractivity contribution in [1.82, 2.24) is 4.98 Å². The van der Waals surface area contributed by atoms with Crippen molar-refractivity contribution in [2.45, 2.75) is 13.5 Å². The van der Waals surface area contributed by atoms with Gasteiger partial charge in [0.05, 0.1) is 5.52 Å². The first kappa shape index (κ1) is 13.5. The SMILES string of the molecule is Cc1cc(Oc2ccc(CN)c(F)c2)c2ccccc2n1. The molecule has 3 nitrogen and oxygen atoms in total. The van der Waals surface area contributed by atoms with Gasteiger partial charge in [0.25, 0.3) is 0 Å². The van der Waals surface area contributed by atoms with E-state index in [1.54, 1.807) is 12.1 Å². The van der Waals surface area contributed by atoms with Crippen LogP contribution in [0, 0.1) is 12.7 Å². The lowest BCUT2D eigenvalue weighted by Crippen LogP contribution is -1.99. The van der Waals surface area contributed by atoms with Gasteiger partial charge in [-0.2, -0.15) is 0 Å². The number of ether oxygens (including phenoxy) is 1. The maximum Gasteiger partial charge on any atom is 0.138 e. The molecule has 0 saturated carbocycles. The van der Waals surface area contributed by atoms with Gasteiger partial charge >= 0.3 is 0 Å². The molecule has 21 heavy (non-hydrogen) atoms. The van der Waals surface area contributed by atoms with Gasteiger partial charge in [0.2, 0.25) is 0 Å². The maximum atomic E-state index is 13.8. The molecule has 106 valence electrons. The number of aromatic nitrogens is 1. The molecule has 1 aromatic heterocycles. The molecule has 0 unspecified atom stereocenters. The first-order valence-electron chi connectivity index (χ1n) is 6.70. The Bertz CT molecular complexity index is 802. The summed E-state index contributed by atoms with van der Waals surface area (Å²) in [6, 6.07) is 14.3. The summed E-state index contributed by atoms with van der Waals surface area (Å²) in [6.07, 6.45) is 0. The molecule has 0 amide bonds. The summed E-state index contributed by atoms with van der Waals surface area (Å²) in [5.41, 5.74) is 7.63. The summed E-state index contributed by atoms with van der Waals surface area (Å²) in [4.78, 5) is 4.45. The maximum absolute atomic E-state index is 13.8. The summed E-state index contributed by atoms with van der Waals surface area (Å²) < 4.78 is 19.6. The first-order valence-corrected chi connectivity index (χ1v) is 6.70. The van der Waals surface area contributed by atoms with Gasteiger partial charge in [-0.25, -0.2) is 4.39 Å². The van der Waals surface area contributed by atoms with Crippen molar-refractivity contribution < 1.29 is 9.13 Å². The Morgan fingerprint density at radius 1 is 1.14 bits per heavy atom. The van der Waals surface area contributed by atoms with E-state index in [4.69, 9.17) is 10.5 Å². The summed E-state index contributed by atoms with van der Waals surface area (Å²) in [5.74, 6) is 0.753. The normalized spacial score (nSPS) is 10.8.